The summed E-state index contributed by atoms with van der Waals surface area (Å²) in [6.07, 6.45) is 1.79. The van der Waals surface area contributed by atoms with Gasteiger partial charge in [-0.25, -0.2) is 9.18 Å². The van der Waals surface area contributed by atoms with Crippen molar-refractivity contribution in [3.8, 4) is 0 Å². The molecule has 0 amide bonds. The summed E-state index contributed by atoms with van der Waals surface area (Å²) in [7, 11) is 7.34. The van der Waals surface area contributed by atoms with E-state index in [2.05, 4.69) is 0 Å². The lowest BCUT2D eigenvalue weighted by atomic mass is 9.90. The fourth-order valence-electron chi connectivity index (χ4n) is 3.17. The molecule has 1 saturated heterocycles. The predicted molar refractivity (Wildman–Crippen MR) is 96.3 cm³/mol. The third-order valence-electron chi connectivity index (χ3n) is 4.59. The van der Waals surface area contributed by atoms with Gasteiger partial charge in [-0.1, -0.05) is 11.5 Å². The maximum atomic E-state index is 13.6. The van der Waals surface area contributed by atoms with Gasteiger partial charge < -0.3 is 10.6 Å². The average Bonchev–Trinajstić information content (AvgIpc) is 2.58. The van der Waals surface area contributed by atoms with Crippen molar-refractivity contribution in [2.75, 3.05) is 18.0 Å². The van der Waals surface area contributed by atoms with Gasteiger partial charge in [-0.2, -0.15) is 0 Å². The van der Waals surface area contributed by atoms with Crippen molar-refractivity contribution in [2.45, 2.75) is 25.4 Å². The standard InChI is InChI=1S/C17H20BFN4O2/c1-21-16(24)8-15(22-6-2-3-13(20)10-22)23(17(21)25)9-11-7-12(19)4-5-14(11)18/h4-5,7-8,13H,2-3,6,9-10,20H2,1H3/t13-/m1/s1. The Labute approximate surface area is 146 Å². The van der Waals surface area contributed by atoms with Gasteiger partial charge in [-0.05, 0) is 30.5 Å². The van der Waals surface area contributed by atoms with Gasteiger partial charge in [-0.3, -0.25) is 13.9 Å². The molecule has 2 heterocycles. The van der Waals surface area contributed by atoms with Crippen LogP contribution in [0, 0.1) is 5.82 Å². The van der Waals surface area contributed by atoms with E-state index in [1.807, 2.05) is 4.90 Å². The molecule has 0 unspecified atom stereocenters. The summed E-state index contributed by atoms with van der Waals surface area (Å²) >= 11 is 0. The summed E-state index contributed by atoms with van der Waals surface area (Å²) in [5, 5.41) is 0. The highest BCUT2D eigenvalue weighted by molar-refractivity contribution is 6.33. The number of hydrogen-bond acceptors (Lipinski definition) is 4. The van der Waals surface area contributed by atoms with Gasteiger partial charge >= 0.3 is 5.69 Å². The SMILES string of the molecule is [B]c1ccc(F)cc1Cn1c(N2CCC[C@@H](N)C2)cc(=O)n(C)c1=O. The molecule has 1 atom stereocenters. The predicted octanol–water partition coefficient (Wildman–Crippen LogP) is -0.544. The number of nitrogens with two attached hydrogens (primary N) is 1. The van der Waals surface area contributed by atoms with Crippen LogP contribution in [0.4, 0.5) is 10.2 Å². The lowest BCUT2D eigenvalue weighted by molar-refractivity contribution is 0.491. The number of anilines is 1. The summed E-state index contributed by atoms with van der Waals surface area (Å²) in [5.41, 5.74) is 6.06. The number of rotatable bonds is 3. The van der Waals surface area contributed by atoms with Crippen LogP contribution in [0.3, 0.4) is 0 Å². The van der Waals surface area contributed by atoms with Gasteiger partial charge in [-0.15, -0.1) is 0 Å². The number of aromatic nitrogens is 2. The van der Waals surface area contributed by atoms with Crippen molar-refractivity contribution in [3.63, 3.8) is 0 Å². The number of benzene rings is 1. The summed E-state index contributed by atoms with van der Waals surface area (Å²) < 4.78 is 16.1. The monoisotopic (exact) mass is 342 g/mol. The third-order valence-corrected chi connectivity index (χ3v) is 4.59. The smallest absolute Gasteiger partial charge is 0.332 e. The number of piperidine rings is 1. The molecule has 3 rings (SSSR count). The van der Waals surface area contributed by atoms with Crippen molar-refractivity contribution in [2.24, 2.45) is 12.8 Å². The Hall–Kier alpha value is -2.35. The van der Waals surface area contributed by atoms with E-state index >= 15 is 0 Å². The highest BCUT2D eigenvalue weighted by atomic mass is 19.1. The number of nitrogens with zero attached hydrogens (tertiary/aromatic N) is 3. The molecule has 1 aromatic carbocycles. The molecule has 0 bridgehead atoms. The molecule has 1 aromatic heterocycles. The first-order chi connectivity index (χ1) is 11.9. The van der Waals surface area contributed by atoms with Crippen molar-refractivity contribution < 1.29 is 4.39 Å². The molecule has 6 nitrogen and oxygen atoms in total. The molecule has 1 aliphatic heterocycles. The Balaban J connectivity index is 2.10. The summed E-state index contributed by atoms with van der Waals surface area (Å²) in [4.78, 5) is 26.7. The second-order valence-corrected chi connectivity index (χ2v) is 6.46. The van der Waals surface area contributed by atoms with E-state index in [0.717, 1.165) is 17.4 Å². The van der Waals surface area contributed by atoms with Crippen molar-refractivity contribution >= 4 is 19.1 Å². The van der Waals surface area contributed by atoms with E-state index in [9.17, 15) is 14.0 Å². The van der Waals surface area contributed by atoms with Crippen LogP contribution in [0.15, 0.2) is 33.9 Å². The second kappa shape index (κ2) is 6.88. The molecule has 0 aliphatic carbocycles. The van der Waals surface area contributed by atoms with E-state index in [4.69, 9.17) is 13.6 Å². The first-order valence-electron chi connectivity index (χ1n) is 8.22. The molecular formula is C17H20BFN4O2. The highest BCUT2D eigenvalue weighted by Crippen LogP contribution is 2.18. The molecule has 2 N–H and O–H groups in total. The fourth-order valence-corrected chi connectivity index (χ4v) is 3.17. The van der Waals surface area contributed by atoms with E-state index in [-0.39, 0.29) is 18.1 Å². The molecule has 8 heteroatoms. The van der Waals surface area contributed by atoms with Gasteiger partial charge in [0.2, 0.25) is 0 Å². The first-order valence-corrected chi connectivity index (χ1v) is 8.22. The highest BCUT2D eigenvalue weighted by Gasteiger charge is 2.21. The largest absolute Gasteiger partial charge is 0.356 e. The van der Waals surface area contributed by atoms with E-state index in [1.165, 1.54) is 35.9 Å². The van der Waals surface area contributed by atoms with Crippen molar-refractivity contribution in [1.29, 1.82) is 0 Å². The Morgan fingerprint density at radius 1 is 1.32 bits per heavy atom. The first kappa shape index (κ1) is 17.5. The van der Waals surface area contributed by atoms with Crippen LogP contribution < -0.4 is 27.3 Å². The lowest BCUT2D eigenvalue weighted by Crippen LogP contribution is -2.47. The maximum absolute atomic E-state index is 13.6. The normalized spacial score (nSPS) is 17.7. The van der Waals surface area contributed by atoms with Crippen LogP contribution in [0.25, 0.3) is 0 Å². The zero-order valence-corrected chi connectivity index (χ0v) is 14.1. The van der Waals surface area contributed by atoms with E-state index < -0.39 is 11.5 Å². The molecule has 130 valence electrons. The maximum Gasteiger partial charge on any atom is 0.332 e. The van der Waals surface area contributed by atoms with Crippen LogP contribution >= 0.6 is 0 Å². The second-order valence-electron chi connectivity index (χ2n) is 6.46. The Morgan fingerprint density at radius 3 is 2.80 bits per heavy atom. The fraction of sp³-hybridized carbons (Fsp3) is 0.412. The lowest BCUT2D eigenvalue weighted by Gasteiger charge is -2.34. The van der Waals surface area contributed by atoms with Gasteiger partial charge in [0.05, 0.1) is 6.54 Å². The minimum Gasteiger partial charge on any atom is -0.356 e. The van der Waals surface area contributed by atoms with Crippen LogP contribution in [0.1, 0.15) is 18.4 Å². The Kier molecular flexibility index (Phi) is 4.81. The summed E-state index contributed by atoms with van der Waals surface area (Å²) in [5.74, 6) is 0.0653. The van der Waals surface area contributed by atoms with E-state index in [1.54, 1.807) is 0 Å². The van der Waals surface area contributed by atoms with Crippen molar-refractivity contribution in [3.05, 3.63) is 56.5 Å². The molecule has 1 fully saturated rings. The summed E-state index contributed by atoms with van der Waals surface area (Å²) in [6.45, 7) is 1.35. The molecule has 25 heavy (non-hydrogen) atoms. The molecule has 0 saturated carbocycles. The van der Waals surface area contributed by atoms with Gasteiger partial charge in [0, 0.05) is 32.2 Å². The third kappa shape index (κ3) is 3.53. The molecule has 2 radical (unpaired) electrons. The molecule has 2 aromatic rings. The summed E-state index contributed by atoms with van der Waals surface area (Å²) in [6, 6.07) is 5.45. The topological polar surface area (TPSA) is 73.3 Å². The molecular weight excluding hydrogens is 322 g/mol. The quantitative estimate of drug-likeness (QED) is 0.761. The Morgan fingerprint density at radius 2 is 2.08 bits per heavy atom. The molecule has 0 spiro atoms. The molecule has 1 aliphatic rings. The van der Waals surface area contributed by atoms with E-state index in [0.29, 0.717) is 29.9 Å². The number of hydrogen-bond donors (Lipinski definition) is 1. The minimum atomic E-state index is -0.467. The number of halogens is 1. The van der Waals surface area contributed by atoms with Crippen molar-refractivity contribution in [1.82, 2.24) is 9.13 Å². The Bertz CT molecular complexity index is 908. The minimum absolute atomic E-state index is 0.0133. The van der Waals surface area contributed by atoms with Gasteiger partial charge in [0.25, 0.3) is 5.56 Å². The van der Waals surface area contributed by atoms with Crippen LogP contribution in [0.5, 0.6) is 0 Å². The zero-order chi connectivity index (χ0) is 18.1. The zero-order valence-electron chi connectivity index (χ0n) is 14.1. The van der Waals surface area contributed by atoms with Gasteiger partial charge in [0.1, 0.15) is 19.5 Å². The van der Waals surface area contributed by atoms with Crippen LogP contribution in [0.2, 0.25) is 0 Å². The van der Waals surface area contributed by atoms with Crippen LogP contribution in [-0.2, 0) is 13.6 Å². The van der Waals surface area contributed by atoms with Gasteiger partial charge in [0.15, 0.2) is 0 Å². The van der Waals surface area contributed by atoms with Crippen LogP contribution in [-0.4, -0.2) is 36.1 Å². The average molecular weight is 342 g/mol.